The first-order valence-electron chi connectivity index (χ1n) is 6.50. The van der Waals surface area contributed by atoms with Gasteiger partial charge in [0.05, 0.1) is 6.10 Å². The highest BCUT2D eigenvalue weighted by atomic mass is 35.5. The van der Waals surface area contributed by atoms with Crippen LogP contribution in [0.1, 0.15) is 34.1 Å². The molecule has 1 saturated heterocycles. The number of carbonyl (C=O) groups is 1. The Hall–Kier alpha value is -0.320. The highest BCUT2D eigenvalue weighted by Gasteiger charge is 2.30. The molecule has 1 aliphatic heterocycles. The van der Waals surface area contributed by atoms with Crippen LogP contribution in [0, 0.1) is 17.3 Å². The highest BCUT2D eigenvalue weighted by Crippen LogP contribution is 2.25. The highest BCUT2D eigenvalue weighted by molar-refractivity contribution is 5.85. The lowest BCUT2D eigenvalue weighted by Gasteiger charge is -2.26. The first-order chi connectivity index (χ1) is 7.83. The summed E-state index contributed by atoms with van der Waals surface area (Å²) in [5.74, 6) is 0.744. The van der Waals surface area contributed by atoms with Crippen LogP contribution in [0.2, 0.25) is 0 Å². The summed E-state index contributed by atoms with van der Waals surface area (Å²) in [6.45, 7) is 10.2. The molecule has 0 spiro atoms. The van der Waals surface area contributed by atoms with Crippen LogP contribution in [-0.2, 0) is 4.79 Å². The number of aliphatic hydroxyl groups excluding tert-OH is 1. The fourth-order valence-electron chi connectivity index (χ4n) is 2.50. The van der Waals surface area contributed by atoms with Gasteiger partial charge >= 0.3 is 0 Å². The van der Waals surface area contributed by atoms with Gasteiger partial charge in [-0.05, 0) is 12.3 Å². The molecule has 1 heterocycles. The van der Waals surface area contributed by atoms with Gasteiger partial charge in [-0.1, -0.05) is 27.7 Å². The van der Waals surface area contributed by atoms with Crippen LogP contribution in [0.4, 0.5) is 0 Å². The molecule has 0 aromatic carbocycles. The molecule has 1 rings (SSSR count). The van der Waals surface area contributed by atoms with Crippen molar-refractivity contribution in [1.29, 1.82) is 0 Å². The third kappa shape index (κ3) is 5.12. The van der Waals surface area contributed by atoms with E-state index in [1.165, 1.54) is 0 Å². The van der Waals surface area contributed by atoms with E-state index in [2.05, 4.69) is 24.5 Å². The van der Waals surface area contributed by atoms with E-state index in [-0.39, 0.29) is 35.8 Å². The molecule has 0 bridgehead atoms. The first-order valence-corrected chi connectivity index (χ1v) is 6.50. The van der Waals surface area contributed by atoms with Gasteiger partial charge in [-0.25, -0.2) is 0 Å². The number of aliphatic hydroxyl groups is 1. The molecule has 0 radical (unpaired) electrons. The number of hydrogen-bond acceptors (Lipinski definition) is 3. The lowest BCUT2D eigenvalue weighted by Crippen LogP contribution is -2.42. The van der Waals surface area contributed by atoms with Gasteiger partial charge < -0.3 is 15.7 Å². The maximum absolute atomic E-state index is 12.1. The van der Waals surface area contributed by atoms with E-state index in [1.54, 1.807) is 0 Å². The molecule has 0 saturated carbocycles. The topological polar surface area (TPSA) is 61.4 Å². The van der Waals surface area contributed by atoms with E-state index in [0.29, 0.717) is 19.0 Å². The zero-order chi connectivity index (χ0) is 13.1. The zero-order valence-corrected chi connectivity index (χ0v) is 12.6. The molecule has 3 N–H and O–H groups in total. The Morgan fingerprint density at radius 2 is 2.06 bits per heavy atom. The maximum Gasteiger partial charge on any atom is 0.225 e. The molecule has 1 amide bonds. The largest absolute Gasteiger partial charge is 0.391 e. The van der Waals surface area contributed by atoms with Crippen LogP contribution in [-0.4, -0.2) is 36.8 Å². The predicted octanol–water partition coefficient (Wildman–Crippen LogP) is 1.18. The molecule has 1 aliphatic rings. The molecule has 2 atom stereocenters. The molecule has 5 heteroatoms. The molecular formula is C13H27ClN2O2. The first kappa shape index (κ1) is 17.7. The molecule has 108 valence electrons. The number of amides is 1. The molecule has 1 fully saturated rings. The second-order valence-electron chi connectivity index (χ2n) is 6.18. The van der Waals surface area contributed by atoms with Gasteiger partial charge in [-0.2, -0.15) is 0 Å². The molecule has 18 heavy (non-hydrogen) atoms. The SMILES string of the molecule is CC(C)CC(C)(C)C(=O)NCC1CNCC1O.Cl. The minimum absolute atomic E-state index is 0. The molecule has 0 aliphatic carbocycles. The van der Waals surface area contributed by atoms with Crippen LogP contribution in [0.3, 0.4) is 0 Å². The van der Waals surface area contributed by atoms with E-state index in [1.807, 2.05) is 13.8 Å². The Labute approximate surface area is 116 Å². The van der Waals surface area contributed by atoms with E-state index in [4.69, 9.17) is 0 Å². The van der Waals surface area contributed by atoms with Crippen molar-refractivity contribution in [1.82, 2.24) is 10.6 Å². The zero-order valence-electron chi connectivity index (χ0n) is 11.8. The number of rotatable bonds is 5. The number of hydrogen-bond donors (Lipinski definition) is 3. The van der Waals surface area contributed by atoms with Crippen LogP contribution in [0.25, 0.3) is 0 Å². The molecular weight excluding hydrogens is 252 g/mol. The minimum atomic E-state index is -0.330. The summed E-state index contributed by atoms with van der Waals surface area (Å²) in [7, 11) is 0. The summed E-state index contributed by atoms with van der Waals surface area (Å²) in [6, 6.07) is 0. The Morgan fingerprint density at radius 3 is 2.50 bits per heavy atom. The van der Waals surface area contributed by atoms with Crippen LogP contribution in [0.15, 0.2) is 0 Å². The van der Waals surface area contributed by atoms with Crippen molar-refractivity contribution in [2.24, 2.45) is 17.3 Å². The van der Waals surface area contributed by atoms with Gasteiger partial charge in [-0.15, -0.1) is 12.4 Å². The van der Waals surface area contributed by atoms with Crippen molar-refractivity contribution in [2.75, 3.05) is 19.6 Å². The Balaban J connectivity index is 0.00000289. The average molecular weight is 279 g/mol. The molecule has 2 unspecified atom stereocenters. The normalized spacial score (nSPS) is 23.9. The molecule has 4 nitrogen and oxygen atoms in total. The predicted molar refractivity (Wildman–Crippen MR) is 75.9 cm³/mol. The van der Waals surface area contributed by atoms with Gasteiger partial charge in [0.25, 0.3) is 0 Å². The summed E-state index contributed by atoms with van der Waals surface area (Å²) in [4.78, 5) is 12.1. The van der Waals surface area contributed by atoms with Crippen molar-refractivity contribution in [3.8, 4) is 0 Å². The summed E-state index contributed by atoms with van der Waals surface area (Å²) in [5.41, 5.74) is -0.328. The van der Waals surface area contributed by atoms with Crippen LogP contribution < -0.4 is 10.6 Å². The van der Waals surface area contributed by atoms with Crippen LogP contribution >= 0.6 is 12.4 Å². The number of carbonyl (C=O) groups excluding carboxylic acids is 1. The number of halogens is 1. The maximum atomic E-state index is 12.1. The fourth-order valence-corrected chi connectivity index (χ4v) is 2.50. The van der Waals surface area contributed by atoms with Crippen molar-refractivity contribution in [3.63, 3.8) is 0 Å². The lowest BCUT2D eigenvalue weighted by atomic mass is 9.83. The van der Waals surface area contributed by atoms with Crippen molar-refractivity contribution in [3.05, 3.63) is 0 Å². The number of nitrogens with one attached hydrogen (secondary N) is 2. The third-order valence-corrected chi connectivity index (χ3v) is 3.36. The van der Waals surface area contributed by atoms with Crippen molar-refractivity contribution in [2.45, 2.75) is 40.2 Å². The standard InChI is InChI=1S/C13H26N2O2.ClH/c1-9(2)5-13(3,4)12(17)15-7-10-6-14-8-11(10)16;/h9-11,14,16H,5-8H2,1-4H3,(H,15,17);1H. The summed E-state index contributed by atoms with van der Waals surface area (Å²) >= 11 is 0. The summed E-state index contributed by atoms with van der Waals surface area (Å²) < 4.78 is 0. The van der Waals surface area contributed by atoms with E-state index < -0.39 is 0 Å². The second kappa shape index (κ2) is 7.31. The average Bonchev–Trinajstić information content (AvgIpc) is 2.58. The van der Waals surface area contributed by atoms with E-state index >= 15 is 0 Å². The smallest absolute Gasteiger partial charge is 0.225 e. The quantitative estimate of drug-likeness (QED) is 0.708. The number of β-amino-alcohol motifs (C(OH)–C–C–N with tert-alkyl or cyclic N) is 1. The second-order valence-corrected chi connectivity index (χ2v) is 6.18. The van der Waals surface area contributed by atoms with Gasteiger partial charge in [0, 0.05) is 31.0 Å². The van der Waals surface area contributed by atoms with E-state index in [9.17, 15) is 9.90 Å². The van der Waals surface area contributed by atoms with Gasteiger partial charge in [0.2, 0.25) is 5.91 Å². The van der Waals surface area contributed by atoms with Crippen molar-refractivity contribution >= 4 is 18.3 Å². The fraction of sp³-hybridized carbons (Fsp3) is 0.923. The van der Waals surface area contributed by atoms with Gasteiger partial charge in [0.1, 0.15) is 0 Å². The molecule has 0 aromatic heterocycles. The van der Waals surface area contributed by atoms with E-state index in [0.717, 1.165) is 13.0 Å². The third-order valence-electron chi connectivity index (χ3n) is 3.36. The lowest BCUT2D eigenvalue weighted by molar-refractivity contribution is -0.130. The van der Waals surface area contributed by atoms with Gasteiger partial charge in [0.15, 0.2) is 0 Å². The Morgan fingerprint density at radius 1 is 1.44 bits per heavy atom. The Bertz CT molecular complexity index is 270. The molecule has 0 aromatic rings. The van der Waals surface area contributed by atoms with Crippen LogP contribution in [0.5, 0.6) is 0 Å². The van der Waals surface area contributed by atoms with Gasteiger partial charge in [-0.3, -0.25) is 4.79 Å². The summed E-state index contributed by atoms with van der Waals surface area (Å²) in [5, 5.41) is 15.7. The van der Waals surface area contributed by atoms with Crippen molar-refractivity contribution < 1.29 is 9.90 Å². The Kier molecular flexibility index (Phi) is 7.18. The monoisotopic (exact) mass is 278 g/mol. The summed E-state index contributed by atoms with van der Waals surface area (Å²) in [6.07, 6.45) is 0.549. The minimum Gasteiger partial charge on any atom is -0.391 e.